The first kappa shape index (κ1) is 23.1. The quantitative estimate of drug-likeness (QED) is 0.537. The topological polar surface area (TPSA) is 123 Å². The van der Waals surface area contributed by atoms with Crippen LogP contribution < -0.4 is 25.0 Å². The van der Waals surface area contributed by atoms with Crippen LogP contribution in [-0.2, 0) is 14.8 Å². The molecule has 1 heterocycles. The van der Waals surface area contributed by atoms with Crippen molar-refractivity contribution in [2.24, 2.45) is 0 Å². The van der Waals surface area contributed by atoms with Crippen molar-refractivity contribution in [1.82, 2.24) is 15.6 Å². The number of carbonyl (C=O) groups excluding carboxylic acids is 2. The number of rotatable bonds is 6. The van der Waals surface area contributed by atoms with Crippen LogP contribution in [0.1, 0.15) is 23.2 Å². The molecule has 12 heteroatoms. The van der Waals surface area contributed by atoms with Gasteiger partial charge in [0.25, 0.3) is 5.91 Å². The molecule has 0 radical (unpaired) electrons. The fourth-order valence-electron chi connectivity index (χ4n) is 2.62. The molecule has 0 aromatic heterocycles. The highest BCUT2D eigenvalue weighted by atomic mass is 35.5. The van der Waals surface area contributed by atoms with E-state index >= 15 is 0 Å². The zero-order valence-electron chi connectivity index (χ0n) is 16.1. The van der Waals surface area contributed by atoms with Crippen molar-refractivity contribution in [3.8, 4) is 11.5 Å². The van der Waals surface area contributed by atoms with Crippen LogP contribution in [0.15, 0.2) is 41.3 Å². The number of hydrazine groups is 1. The number of hydrogen-bond donors (Lipinski definition) is 3. The molecule has 2 aromatic rings. The number of benzene rings is 2. The van der Waals surface area contributed by atoms with Gasteiger partial charge in [-0.15, -0.1) is 0 Å². The molecule has 0 aliphatic carbocycles. The van der Waals surface area contributed by atoms with E-state index in [1.807, 2.05) is 0 Å². The van der Waals surface area contributed by atoms with Gasteiger partial charge in [0.1, 0.15) is 0 Å². The van der Waals surface area contributed by atoms with Gasteiger partial charge in [-0.05, 0) is 30.3 Å². The second-order valence-corrected chi connectivity index (χ2v) is 9.04. The van der Waals surface area contributed by atoms with Crippen molar-refractivity contribution in [2.75, 3.05) is 19.8 Å². The summed E-state index contributed by atoms with van der Waals surface area (Å²) in [5, 5.41) is 0.476. The van der Waals surface area contributed by atoms with Crippen LogP contribution in [0, 0.1) is 0 Å². The highest BCUT2D eigenvalue weighted by Gasteiger charge is 2.19. The number of ether oxygens (including phenoxy) is 2. The lowest BCUT2D eigenvalue weighted by molar-refractivity contribution is -0.121. The third-order valence-corrected chi connectivity index (χ3v) is 6.19. The van der Waals surface area contributed by atoms with Crippen LogP contribution in [0.4, 0.5) is 0 Å². The number of halogens is 2. The Bertz CT molecular complexity index is 1090. The molecule has 3 rings (SSSR count). The number of amides is 2. The molecular formula is C19H19Cl2N3O6S. The average Bonchev–Trinajstić information content (AvgIpc) is 2.98. The van der Waals surface area contributed by atoms with Crippen LogP contribution in [0.3, 0.4) is 0 Å². The van der Waals surface area contributed by atoms with Gasteiger partial charge in [0.15, 0.2) is 11.5 Å². The average molecular weight is 488 g/mol. The van der Waals surface area contributed by atoms with Crippen molar-refractivity contribution in [3.05, 3.63) is 52.0 Å². The molecule has 0 saturated heterocycles. The molecule has 0 fully saturated rings. The van der Waals surface area contributed by atoms with Gasteiger partial charge >= 0.3 is 0 Å². The first-order valence-corrected chi connectivity index (χ1v) is 11.4. The predicted molar refractivity (Wildman–Crippen MR) is 114 cm³/mol. The van der Waals surface area contributed by atoms with Gasteiger partial charge in [-0.1, -0.05) is 23.2 Å². The second kappa shape index (κ2) is 10.2. The maximum absolute atomic E-state index is 12.5. The van der Waals surface area contributed by atoms with E-state index < -0.39 is 21.8 Å². The molecule has 1 aliphatic heterocycles. The number of hydrogen-bond acceptors (Lipinski definition) is 6. The van der Waals surface area contributed by atoms with E-state index in [2.05, 4.69) is 15.6 Å². The lowest BCUT2D eigenvalue weighted by Crippen LogP contribution is -2.42. The standard InChI is InChI=1S/C19H19Cl2N3O6S/c20-12-2-4-15(21)14(10-12)19(26)24-23-18(25)6-7-22-31(27,28)13-3-5-16-17(11-13)30-9-1-8-29-16/h2-5,10-11,22H,1,6-9H2,(H,23,25)(H,24,26). The van der Waals surface area contributed by atoms with Crippen LogP contribution in [-0.4, -0.2) is 40.0 Å². The van der Waals surface area contributed by atoms with Gasteiger partial charge in [0.05, 0.1) is 28.7 Å². The van der Waals surface area contributed by atoms with Crippen LogP contribution in [0.2, 0.25) is 10.0 Å². The number of carbonyl (C=O) groups is 2. The third-order valence-electron chi connectivity index (χ3n) is 4.16. The fraction of sp³-hybridized carbons (Fsp3) is 0.263. The van der Waals surface area contributed by atoms with Gasteiger partial charge < -0.3 is 9.47 Å². The zero-order valence-corrected chi connectivity index (χ0v) is 18.4. The Morgan fingerprint density at radius 2 is 1.71 bits per heavy atom. The van der Waals surface area contributed by atoms with Gasteiger partial charge in [-0.2, -0.15) is 0 Å². The molecule has 9 nitrogen and oxygen atoms in total. The summed E-state index contributed by atoms with van der Waals surface area (Å²) < 4.78 is 38.2. The van der Waals surface area contributed by atoms with E-state index in [1.54, 1.807) is 0 Å². The molecule has 1 aliphatic rings. The van der Waals surface area contributed by atoms with Crippen molar-refractivity contribution in [2.45, 2.75) is 17.7 Å². The Hall–Kier alpha value is -2.53. The van der Waals surface area contributed by atoms with E-state index in [0.717, 1.165) is 0 Å². The fourth-order valence-corrected chi connectivity index (χ4v) is 4.04. The predicted octanol–water partition coefficient (Wildman–Crippen LogP) is 2.28. The summed E-state index contributed by atoms with van der Waals surface area (Å²) in [5.74, 6) is -0.437. The maximum Gasteiger partial charge on any atom is 0.271 e. The first-order valence-electron chi connectivity index (χ1n) is 9.20. The Morgan fingerprint density at radius 3 is 2.48 bits per heavy atom. The van der Waals surface area contributed by atoms with E-state index in [0.29, 0.717) is 36.2 Å². The molecular weight excluding hydrogens is 469 g/mol. The minimum Gasteiger partial charge on any atom is -0.490 e. The van der Waals surface area contributed by atoms with E-state index in [1.165, 1.54) is 36.4 Å². The molecule has 0 spiro atoms. The lowest BCUT2D eigenvalue weighted by Gasteiger charge is -2.11. The summed E-state index contributed by atoms with van der Waals surface area (Å²) in [6.07, 6.45) is 0.484. The highest BCUT2D eigenvalue weighted by molar-refractivity contribution is 7.89. The van der Waals surface area contributed by atoms with Crippen molar-refractivity contribution in [1.29, 1.82) is 0 Å². The largest absolute Gasteiger partial charge is 0.490 e. The number of sulfonamides is 1. The van der Waals surface area contributed by atoms with Crippen molar-refractivity contribution < 1.29 is 27.5 Å². The summed E-state index contributed by atoms with van der Waals surface area (Å²) in [6.45, 7) is 0.735. The van der Waals surface area contributed by atoms with Gasteiger partial charge in [-0.3, -0.25) is 20.4 Å². The van der Waals surface area contributed by atoms with E-state index in [9.17, 15) is 18.0 Å². The smallest absolute Gasteiger partial charge is 0.271 e. The van der Waals surface area contributed by atoms with Gasteiger partial charge in [-0.25, -0.2) is 13.1 Å². The summed E-state index contributed by atoms with van der Waals surface area (Å²) in [5.41, 5.74) is 4.47. The van der Waals surface area contributed by atoms with E-state index in [4.69, 9.17) is 32.7 Å². The molecule has 2 amide bonds. The number of nitrogens with one attached hydrogen (secondary N) is 3. The molecule has 3 N–H and O–H groups in total. The summed E-state index contributed by atoms with van der Waals surface area (Å²) in [4.78, 5) is 24.0. The Labute approximate surface area is 189 Å². The Kier molecular flexibility index (Phi) is 7.60. The third kappa shape index (κ3) is 6.23. The summed E-state index contributed by atoms with van der Waals surface area (Å²) in [7, 11) is -3.87. The molecule has 0 atom stereocenters. The summed E-state index contributed by atoms with van der Waals surface area (Å²) in [6, 6.07) is 8.62. The van der Waals surface area contributed by atoms with Gasteiger partial charge in [0.2, 0.25) is 15.9 Å². The first-order chi connectivity index (χ1) is 14.8. The molecule has 31 heavy (non-hydrogen) atoms. The Balaban J connectivity index is 1.50. The van der Waals surface area contributed by atoms with Crippen LogP contribution >= 0.6 is 23.2 Å². The second-order valence-electron chi connectivity index (χ2n) is 6.43. The summed E-state index contributed by atoms with van der Waals surface area (Å²) >= 11 is 11.8. The maximum atomic E-state index is 12.5. The molecule has 0 unspecified atom stereocenters. The monoisotopic (exact) mass is 487 g/mol. The SMILES string of the molecule is O=C(CCNS(=O)(=O)c1ccc2c(c1)OCCCO2)NNC(=O)c1cc(Cl)ccc1Cl. The molecule has 166 valence electrons. The van der Waals surface area contributed by atoms with Gasteiger partial charge in [0, 0.05) is 30.5 Å². The Morgan fingerprint density at radius 1 is 0.968 bits per heavy atom. The minimum absolute atomic E-state index is 0.0129. The molecule has 0 bridgehead atoms. The van der Waals surface area contributed by atoms with Crippen LogP contribution in [0.5, 0.6) is 11.5 Å². The van der Waals surface area contributed by atoms with E-state index in [-0.39, 0.29) is 28.4 Å². The lowest BCUT2D eigenvalue weighted by atomic mass is 10.2. The molecule has 2 aromatic carbocycles. The van der Waals surface area contributed by atoms with Crippen molar-refractivity contribution in [3.63, 3.8) is 0 Å². The van der Waals surface area contributed by atoms with Crippen LogP contribution in [0.25, 0.3) is 0 Å². The number of fused-ring (bicyclic) bond motifs is 1. The normalized spacial score (nSPS) is 13.2. The van der Waals surface area contributed by atoms with Crippen molar-refractivity contribution >= 4 is 45.0 Å². The minimum atomic E-state index is -3.87. The molecule has 0 saturated carbocycles. The zero-order chi connectivity index (χ0) is 22.4. The highest BCUT2D eigenvalue weighted by Crippen LogP contribution is 2.31.